The summed E-state index contributed by atoms with van der Waals surface area (Å²) in [6.07, 6.45) is 5.04. The molecule has 5 heteroatoms. The van der Waals surface area contributed by atoms with E-state index in [4.69, 9.17) is 9.47 Å². The summed E-state index contributed by atoms with van der Waals surface area (Å²) in [6, 6.07) is 5.57. The lowest BCUT2D eigenvalue weighted by atomic mass is 10.2. The molecule has 0 bridgehead atoms. The molecule has 1 aliphatic rings. The summed E-state index contributed by atoms with van der Waals surface area (Å²) in [4.78, 5) is 6.08. The summed E-state index contributed by atoms with van der Waals surface area (Å²) >= 11 is 0. The summed E-state index contributed by atoms with van der Waals surface area (Å²) in [7, 11) is 3.18. The molecule has 1 atom stereocenters. The third-order valence-electron chi connectivity index (χ3n) is 2.73. The molecular weight excluding hydrogens is 232 g/mol. The van der Waals surface area contributed by atoms with Crippen molar-refractivity contribution in [3.63, 3.8) is 0 Å². The molecule has 1 aromatic carbocycles. The van der Waals surface area contributed by atoms with Crippen molar-refractivity contribution in [1.82, 2.24) is 0 Å². The average molecular weight is 248 g/mol. The Morgan fingerprint density at radius 3 is 2.89 bits per heavy atom. The molecule has 0 fully saturated rings. The number of benzene rings is 1. The zero-order valence-electron chi connectivity index (χ0n) is 10.4. The largest absolute Gasteiger partial charge is 0.496 e. The topological polar surface area (TPSA) is 54.3 Å². The zero-order valence-corrected chi connectivity index (χ0v) is 10.4. The van der Waals surface area contributed by atoms with E-state index in [1.54, 1.807) is 20.4 Å². The van der Waals surface area contributed by atoms with E-state index >= 15 is 0 Å². The van der Waals surface area contributed by atoms with E-state index in [-0.39, 0.29) is 13.0 Å². The van der Waals surface area contributed by atoms with Crippen molar-refractivity contribution in [2.45, 2.75) is 13.0 Å². The SMILES string of the molecule is COc1cc(N2C=CC=NC2OC)ccc1CO. The van der Waals surface area contributed by atoms with Crippen molar-refractivity contribution < 1.29 is 14.6 Å². The normalized spacial score (nSPS) is 18.2. The zero-order chi connectivity index (χ0) is 13.0. The lowest BCUT2D eigenvalue weighted by molar-refractivity contribution is 0.114. The van der Waals surface area contributed by atoms with Crippen molar-refractivity contribution in [2.24, 2.45) is 4.99 Å². The van der Waals surface area contributed by atoms with Gasteiger partial charge < -0.3 is 19.5 Å². The van der Waals surface area contributed by atoms with E-state index < -0.39 is 0 Å². The van der Waals surface area contributed by atoms with Gasteiger partial charge in [-0.15, -0.1) is 0 Å². The van der Waals surface area contributed by atoms with Gasteiger partial charge in [0.15, 0.2) is 0 Å². The Kier molecular flexibility index (Phi) is 3.96. The number of rotatable bonds is 4. The Labute approximate surface area is 106 Å². The molecule has 0 saturated heterocycles. The van der Waals surface area contributed by atoms with Crippen LogP contribution in [0.15, 0.2) is 35.5 Å². The Hall–Kier alpha value is -1.85. The van der Waals surface area contributed by atoms with E-state index in [1.165, 1.54) is 0 Å². The first-order valence-corrected chi connectivity index (χ1v) is 5.59. The van der Waals surface area contributed by atoms with Crippen LogP contribution in [0.3, 0.4) is 0 Å². The number of anilines is 1. The number of methoxy groups -OCH3 is 2. The molecule has 0 aliphatic carbocycles. The van der Waals surface area contributed by atoms with Gasteiger partial charge in [-0.2, -0.15) is 0 Å². The molecule has 0 radical (unpaired) electrons. The molecule has 1 N–H and O–H groups in total. The second-order valence-corrected chi connectivity index (χ2v) is 3.76. The highest BCUT2D eigenvalue weighted by Crippen LogP contribution is 2.28. The minimum Gasteiger partial charge on any atom is -0.496 e. The van der Waals surface area contributed by atoms with Crippen LogP contribution in [0.1, 0.15) is 5.56 Å². The quantitative estimate of drug-likeness (QED) is 0.877. The van der Waals surface area contributed by atoms with Crippen molar-refractivity contribution in [3.8, 4) is 5.75 Å². The maximum Gasteiger partial charge on any atom is 0.231 e. The van der Waals surface area contributed by atoms with E-state index in [1.807, 2.05) is 35.4 Å². The van der Waals surface area contributed by atoms with E-state index in [0.29, 0.717) is 5.75 Å². The van der Waals surface area contributed by atoms with Gasteiger partial charge in [-0.25, -0.2) is 4.99 Å². The molecule has 5 nitrogen and oxygen atoms in total. The monoisotopic (exact) mass is 248 g/mol. The third-order valence-corrected chi connectivity index (χ3v) is 2.73. The molecule has 96 valence electrons. The molecule has 0 amide bonds. The van der Waals surface area contributed by atoms with Crippen LogP contribution in [-0.2, 0) is 11.3 Å². The first-order valence-electron chi connectivity index (χ1n) is 5.59. The number of aliphatic imine (C=N–C) groups is 1. The van der Waals surface area contributed by atoms with Gasteiger partial charge in [-0.05, 0) is 12.1 Å². The fourth-order valence-corrected chi connectivity index (χ4v) is 1.81. The van der Waals surface area contributed by atoms with Gasteiger partial charge in [0, 0.05) is 36.8 Å². The fourth-order valence-electron chi connectivity index (χ4n) is 1.81. The molecule has 1 unspecified atom stereocenters. The second-order valence-electron chi connectivity index (χ2n) is 3.76. The smallest absolute Gasteiger partial charge is 0.231 e. The number of allylic oxidation sites excluding steroid dienone is 1. The maximum absolute atomic E-state index is 9.19. The standard InChI is InChI=1S/C13H16N2O3/c1-17-12-8-11(5-4-10(12)9-16)15-7-3-6-14-13(15)18-2/h3-8,13,16H,9H2,1-2H3. The third kappa shape index (κ3) is 2.37. The highest BCUT2D eigenvalue weighted by molar-refractivity contribution is 5.74. The van der Waals surface area contributed by atoms with Crippen molar-refractivity contribution >= 4 is 11.9 Å². The van der Waals surface area contributed by atoms with Crippen LogP contribution in [0.25, 0.3) is 0 Å². The lowest BCUT2D eigenvalue weighted by Crippen LogP contribution is -2.32. The summed E-state index contributed by atoms with van der Waals surface area (Å²) in [6.45, 7) is -0.0504. The molecular formula is C13H16N2O3. The van der Waals surface area contributed by atoms with Gasteiger partial charge in [-0.3, -0.25) is 0 Å². The van der Waals surface area contributed by atoms with Gasteiger partial charge in [0.2, 0.25) is 6.35 Å². The lowest BCUT2D eigenvalue weighted by Gasteiger charge is -2.28. The highest BCUT2D eigenvalue weighted by Gasteiger charge is 2.17. The van der Waals surface area contributed by atoms with E-state index in [2.05, 4.69) is 4.99 Å². The van der Waals surface area contributed by atoms with Crippen molar-refractivity contribution in [2.75, 3.05) is 19.1 Å². The Morgan fingerprint density at radius 2 is 2.22 bits per heavy atom. The minimum absolute atomic E-state index is 0.0504. The number of ether oxygens (including phenoxy) is 2. The number of hydrogen-bond acceptors (Lipinski definition) is 5. The van der Waals surface area contributed by atoms with Gasteiger partial charge in [0.05, 0.1) is 13.7 Å². The second kappa shape index (κ2) is 5.66. The number of aliphatic hydroxyl groups is 1. The van der Waals surface area contributed by atoms with Crippen molar-refractivity contribution in [3.05, 3.63) is 36.0 Å². The molecule has 0 saturated carbocycles. The van der Waals surface area contributed by atoms with Crippen LogP contribution < -0.4 is 9.64 Å². The molecule has 0 aromatic heterocycles. The van der Waals surface area contributed by atoms with Crippen LogP contribution in [-0.4, -0.2) is 31.9 Å². The van der Waals surface area contributed by atoms with Crippen molar-refractivity contribution in [1.29, 1.82) is 0 Å². The number of nitrogens with zero attached hydrogens (tertiary/aromatic N) is 2. The first-order chi connectivity index (χ1) is 8.80. The Balaban J connectivity index is 2.33. The molecule has 1 heterocycles. The number of aliphatic hydroxyl groups excluding tert-OH is 1. The van der Waals surface area contributed by atoms with Gasteiger partial charge >= 0.3 is 0 Å². The van der Waals surface area contributed by atoms with Crippen LogP contribution >= 0.6 is 0 Å². The minimum atomic E-state index is -0.375. The van der Waals surface area contributed by atoms with Crippen LogP contribution in [0.2, 0.25) is 0 Å². The van der Waals surface area contributed by atoms with Gasteiger partial charge in [0.1, 0.15) is 5.75 Å². The van der Waals surface area contributed by atoms with Crippen LogP contribution in [0.5, 0.6) is 5.75 Å². The molecule has 2 rings (SSSR count). The van der Waals surface area contributed by atoms with Gasteiger partial charge in [0.25, 0.3) is 0 Å². The predicted molar refractivity (Wildman–Crippen MR) is 69.8 cm³/mol. The summed E-state index contributed by atoms with van der Waals surface area (Å²) in [5, 5.41) is 9.19. The molecule has 0 spiro atoms. The molecule has 1 aromatic rings. The van der Waals surface area contributed by atoms with Crippen LogP contribution in [0.4, 0.5) is 5.69 Å². The number of hydrogen-bond donors (Lipinski definition) is 1. The maximum atomic E-state index is 9.19. The predicted octanol–water partition coefficient (Wildman–Crippen LogP) is 1.52. The molecule has 18 heavy (non-hydrogen) atoms. The summed E-state index contributed by atoms with van der Waals surface area (Å²) in [5.74, 6) is 0.646. The van der Waals surface area contributed by atoms with Crippen LogP contribution in [0, 0.1) is 0 Å². The summed E-state index contributed by atoms with van der Waals surface area (Å²) in [5.41, 5.74) is 1.64. The van der Waals surface area contributed by atoms with Gasteiger partial charge in [-0.1, -0.05) is 6.07 Å². The fraction of sp³-hybridized carbons (Fsp3) is 0.308. The summed E-state index contributed by atoms with van der Waals surface area (Å²) < 4.78 is 10.5. The Bertz CT molecular complexity index is 471. The Morgan fingerprint density at radius 1 is 1.39 bits per heavy atom. The average Bonchev–Trinajstić information content (AvgIpc) is 2.46. The van der Waals surface area contributed by atoms with E-state index in [9.17, 15) is 5.11 Å². The highest BCUT2D eigenvalue weighted by atomic mass is 16.5. The first kappa shape index (κ1) is 12.6. The van der Waals surface area contributed by atoms with E-state index in [0.717, 1.165) is 11.3 Å². The molecule has 1 aliphatic heterocycles.